The van der Waals surface area contributed by atoms with E-state index in [0.29, 0.717) is 5.92 Å². The molecular formula is C16H18N2O. The number of fused-ring (bicyclic) bond motifs is 1. The first-order chi connectivity index (χ1) is 9.13. The second kappa shape index (κ2) is 4.65. The number of nitrogens with zero attached hydrogens (tertiary/aromatic N) is 1. The van der Waals surface area contributed by atoms with Gasteiger partial charge in [0.15, 0.2) is 0 Å². The summed E-state index contributed by atoms with van der Waals surface area (Å²) in [6.07, 6.45) is 2.49. The number of carbonyl (C=O) groups is 1. The summed E-state index contributed by atoms with van der Waals surface area (Å²) < 4.78 is 0. The van der Waals surface area contributed by atoms with Gasteiger partial charge in [0.1, 0.15) is 0 Å². The number of hydrogen-bond acceptors (Lipinski definition) is 2. The molecule has 3 heteroatoms. The number of rotatable bonds is 3. The van der Waals surface area contributed by atoms with Crippen molar-refractivity contribution in [2.45, 2.75) is 26.7 Å². The van der Waals surface area contributed by atoms with Gasteiger partial charge in [-0.05, 0) is 50.8 Å². The summed E-state index contributed by atoms with van der Waals surface area (Å²) in [5, 5.41) is 3.98. The van der Waals surface area contributed by atoms with Crippen LogP contribution in [0.15, 0.2) is 24.3 Å². The zero-order valence-corrected chi connectivity index (χ0v) is 11.4. The first-order valence-corrected chi connectivity index (χ1v) is 6.80. The van der Waals surface area contributed by atoms with Crippen molar-refractivity contribution in [1.82, 2.24) is 10.3 Å². The number of carbonyl (C=O) groups excluding carboxylic acids is 1. The minimum atomic E-state index is 0.0213. The Morgan fingerprint density at radius 2 is 2.11 bits per heavy atom. The number of aromatic nitrogens is 1. The summed E-state index contributed by atoms with van der Waals surface area (Å²) in [4.78, 5) is 16.8. The SMILES string of the molecule is Cc1ccc2nc(C)cc(C(=O)NCC3CC3)c2c1. The highest BCUT2D eigenvalue weighted by Gasteiger charge is 2.22. The van der Waals surface area contributed by atoms with Gasteiger partial charge >= 0.3 is 0 Å². The molecule has 0 radical (unpaired) electrons. The van der Waals surface area contributed by atoms with Crippen LogP contribution in [0.3, 0.4) is 0 Å². The minimum Gasteiger partial charge on any atom is -0.352 e. The monoisotopic (exact) mass is 254 g/mol. The van der Waals surface area contributed by atoms with E-state index in [1.165, 1.54) is 12.8 Å². The van der Waals surface area contributed by atoms with Gasteiger partial charge < -0.3 is 5.32 Å². The molecule has 3 nitrogen and oxygen atoms in total. The second-order valence-corrected chi connectivity index (χ2v) is 5.49. The lowest BCUT2D eigenvalue weighted by Crippen LogP contribution is -2.26. The number of aryl methyl sites for hydroxylation is 2. The third-order valence-electron chi connectivity index (χ3n) is 3.59. The molecule has 0 atom stereocenters. The topological polar surface area (TPSA) is 42.0 Å². The summed E-state index contributed by atoms with van der Waals surface area (Å²) in [5.74, 6) is 0.716. The van der Waals surface area contributed by atoms with Crippen molar-refractivity contribution in [2.24, 2.45) is 5.92 Å². The van der Waals surface area contributed by atoms with E-state index in [2.05, 4.69) is 10.3 Å². The van der Waals surface area contributed by atoms with Crippen LogP contribution in [0, 0.1) is 19.8 Å². The summed E-state index contributed by atoms with van der Waals surface area (Å²) in [7, 11) is 0. The van der Waals surface area contributed by atoms with E-state index < -0.39 is 0 Å². The quantitative estimate of drug-likeness (QED) is 0.915. The molecule has 1 heterocycles. The highest BCUT2D eigenvalue weighted by Crippen LogP contribution is 2.28. The number of pyridine rings is 1. The minimum absolute atomic E-state index is 0.0213. The fraction of sp³-hybridized carbons (Fsp3) is 0.375. The largest absolute Gasteiger partial charge is 0.352 e. The molecule has 1 fully saturated rings. The van der Waals surface area contributed by atoms with E-state index in [0.717, 1.165) is 34.3 Å². The van der Waals surface area contributed by atoms with Crippen LogP contribution < -0.4 is 5.32 Å². The molecule has 0 spiro atoms. The molecule has 1 amide bonds. The number of hydrogen-bond donors (Lipinski definition) is 1. The van der Waals surface area contributed by atoms with Gasteiger partial charge in [0.25, 0.3) is 5.91 Å². The molecule has 0 unspecified atom stereocenters. The van der Waals surface area contributed by atoms with Gasteiger partial charge in [-0.1, -0.05) is 11.6 Å². The standard InChI is InChI=1S/C16H18N2O/c1-10-3-6-15-13(7-10)14(8-11(2)18-15)16(19)17-9-12-4-5-12/h3,6-8,12H,4-5,9H2,1-2H3,(H,17,19). The predicted molar refractivity (Wildman–Crippen MR) is 76.3 cm³/mol. The molecule has 0 aliphatic heterocycles. The van der Waals surface area contributed by atoms with E-state index >= 15 is 0 Å². The van der Waals surface area contributed by atoms with Crippen molar-refractivity contribution in [2.75, 3.05) is 6.54 Å². The predicted octanol–water partition coefficient (Wildman–Crippen LogP) is 2.99. The zero-order chi connectivity index (χ0) is 13.4. The van der Waals surface area contributed by atoms with Crippen LogP contribution in [0.25, 0.3) is 10.9 Å². The van der Waals surface area contributed by atoms with Gasteiger partial charge in [0.05, 0.1) is 11.1 Å². The second-order valence-electron chi connectivity index (χ2n) is 5.49. The van der Waals surface area contributed by atoms with Crippen molar-refractivity contribution in [3.8, 4) is 0 Å². The van der Waals surface area contributed by atoms with Gasteiger partial charge in [0, 0.05) is 17.6 Å². The number of nitrogens with one attached hydrogen (secondary N) is 1. The lowest BCUT2D eigenvalue weighted by Gasteiger charge is -2.09. The third kappa shape index (κ3) is 2.60. The molecule has 0 bridgehead atoms. The Balaban J connectivity index is 1.99. The van der Waals surface area contributed by atoms with Crippen molar-refractivity contribution >= 4 is 16.8 Å². The Hall–Kier alpha value is -1.90. The fourth-order valence-electron chi connectivity index (χ4n) is 2.31. The van der Waals surface area contributed by atoms with E-state index in [1.54, 1.807) is 0 Å². The zero-order valence-electron chi connectivity index (χ0n) is 11.4. The molecule has 1 aromatic carbocycles. The normalized spacial score (nSPS) is 14.6. The average molecular weight is 254 g/mol. The van der Waals surface area contributed by atoms with Gasteiger partial charge in [-0.3, -0.25) is 9.78 Å². The molecule has 0 saturated heterocycles. The van der Waals surface area contributed by atoms with Crippen LogP contribution in [-0.4, -0.2) is 17.4 Å². The maximum Gasteiger partial charge on any atom is 0.252 e. The van der Waals surface area contributed by atoms with Crippen LogP contribution in [0.5, 0.6) is 0 Å². The summed E-state index contributed by atoms with van der Waals surface area (Å²) >= 11 is 0. The summed E-state index contributed by atoms with van der Waals surface area (Å²) in [5.41, 5.74) is 3.66. The van der Waals surface area contributed by atoms with Gasteiger partial charge in [-0.2, -0.15) is 0 Å². The number of benzene rings is 1. The number of amides is 1. The van der Waals surface area contributed by atoms with Crippen LogP contribution in [0.4, 0.5) is 0 Å². The molecule has 98 valence electrons. The van der Waals surface area contributed by atoms with Gasteiger partial charge in [-0.25, -0.2) is 0 Å². The first-order valence-electron chi connectivity index (χ1n) is 6.80. The van der Waals surface area contributed by atoms with Gasteiger partial charge in [-0.15, -0.1) is 0 Å². The Labute approximate surface area is 113 Å². The molecule has 1 aliphatic rings. The lowest BCUT2D eigenvalue weighted by atomic mass is 10.0. The maximum atomic E-state index is 12.3. The van der Waals surface area contributed by atoms with Crippen LogP contribution in [0.2, 0.25) is 0 Å². The summed E-state index contributed by atoms with van der Waals surface area (Å²) in [6.45, 7) is 4.76. The smallest absolute Gasteiger partial charge is 0.252 e. The Morgan fingerprint density at radius 1 is 1.32 bits per heavy atom. The van der Waals surface area contributed by atoms with Crippen LogP contribution in [0.1, 0.15) is 34.5 Å². The molecule has 1 saturated carbocycles. The lowest BCUT2D eigenvalue weighted by molar-refractivity contribution is 0.0953. The summed E-state index contributed by atoms with van der Waals surface area (Å²) in [6, 6.07) is 7.92. The van der Waals surface area contributed by atoms with E-state index in [-0.39, 0.29) is 5.91 Å². The molecule has 2 aromatic rings. The molecule has 3 rings (SSSR count). The molecule has 1 aliphatic carbocycles. The average Bonchev–Trinajstić information content (AvgIpc) is 3.19. The van der Waals surface area contributed by atoms with Crippen molar-refractivity contribution in [1.29, 1.82) is 0 Å². The maximum absolute atomic E-state index is 12.3. The highest BCUT2D eigenvalue weighted by molar-refractivity contribution is 6.06. The Morgan fingerprint density at radius 3 is 2.84 bits per heavy atom. The van der Waals surface area contributed by atoms with E-state index in [4.69, 9.17) is 0 Å². The van der Waals surface area contributed by atoms with Crippen molar-refractivity contribution < 1.29 is 4.79 Å². The highest BCUT2D eigenvalue weighted by atomic mass is 16.1. The van der Waals surface area contributed by atoms with Crippen LogP contribution >= 0.6 is 0 Å². The fourth-order valence-corrected chi connectivity index (χ4v) is 2.31. The van der Waals surface area contributed by atoms with Gasteiger partial charge in [0.2, 0.25) is 0 Å². The molecule has 1 N–H and O–H groups in total. The molecule has 19 heavy (non-hydrogen) atoms. The van der Waals surface area contributed by atoms with Crippen LogP contribution in [-0.2, 0) is 0 Å². The van der Waals surface area contributed by atoms with Crippen molar-refractivity contribution in [3.63, 3.8) is 0 Å². The Bertz CT molecular complexity index is 644. The Kier molecular flexibility index (Phi) is 2.97. The molecular weight excluding hydrogens is 236 g/mol. The van der Waals surface area contributed by atoms with E-state index in [1.807, 2.05) is 38.1 Å². The first kappa shape index (κ1) is 12.2. The van der Waals surface area contributed by atoms with Crippen molar-refractivity contribution in [3.05, 3.63) is 41.1 Å². The van der Waals surface area contributed by atoms with E-state index in [9.17, 15) is 4.79 Å². The third-order valence-corrected chi connectivity index (χ3v) is 3.59. The molecule has 1 aromatic heterocycles.